The molecule has 1 aromatic rings. The lowest BCUT2D eigenvalue weighted by molar-refractivity contribution is -0.154. The number of aliphatic carboxylic acids is 1. The first-order chi connectivity index (χ1) is 9.47. The number of rotatable bonds is 2. The number of anilines is 1. The summed E-state index contributed by atoms with van der Waals surface area (Å²) in [4.78, 5) is 24.3. The molecule has 0 aliphatic carbocycles. The predicted molar refractivity (Wildman–Crippen MR) is 77.1 cm³/mol. The number of carboxylic acid groups (broad SMARTS) is 1. The quantitative estimate of drug-likeness (QED) is 0.846. The van der Waals surface area contributed by atoms with Crippen molar-refractivity contribution >= 4 is 45.2 Å². The number of morpholine rings is 1. The van der Waals surface area contributed by atoms with E-state index in [1.807, 2.05) is 0 Å². The third-order valence-corrected chi connectivity index (χ3v) is 4.03. The number of benzene rings is 1. The predicted octanol–water partition coefficient (Wildman–Crippen LogP) is 2.42. The highest BCUT2D eigenvalue weighted by molar-refractivity contribution is 9.10. The third kappa shape index (κ3) is 3.62. The zero-order valence-electron chi connectivity index (χ0n) is 10.3. The maximum absolute atomic E-state index is 12.0. The second-order valence-electron chi connectivity index (χ2n) is 4.20. The third-order valence-electron chi connectivity index (χ3n) is 2.80. The monoisotopic (exact) mass is 362 g/mol. The van der Waals surface area contributed by atoms with E-state index in [-0.39, 0.29) is 19.2 Å². The van der Waals surface area contributed by atoms with Crippen LogP contribution in [0.3, 0.4) is 0 Å². The molecule has 2 rings (SSSR count). The van der Waals surface area contributed by atoms with Crippen LogP contribution in [0.2, 0.25) is 5.02 Å². The van der Waals surface area contributed by atoms with Crippen LogP contribution in [0.4, 0.5) is 10.5 Å². The maximum Gasteiger partial charge on any atom is 0.334 e. The minimum atomic E-state index is -1.07. The van der Waals surface area contributed by atoms with Crippen molar-refractivity contribution in [2.45, 2.75) is 6.10 Å². The average Bonchev–Trinajstić information content (AvgIpc) is 2.43. The van der Waals surface area contributed by atoms with Crippen molar-refractivity contribution in [3.05, 3.63) is 27.7 Å². The second-order valence-corrected chi connectivity index (χ2v) is 5.46. The summed E-state index contributed by atoms with van der Waals surface area (Å²) in [6.07, 6.45) is -0.983. The molecule has 0 saturated carbocycles. The van der Waals surface area contributed by atoms with Gasteiger partial charge >= 0.3 is 12.0 Å². The number of ether oxygens (including phenoxy) is 1. The molecule has 0 bridgehead atoms. The second kappa shape index (κ2) is 6.43. The molecule has 2 N–H and O–H groups in total. The van der Waals surface area contributed by atoms with Gasteiger partial charge in [0.15, 0.2) is 6.10 Å². The van der Waals surface area contributed by atoms with E-state index in [2.05, 4.69) is 21.2 Å². The van der Waals surface area contributed by atoms with Crippen LogP contribution >= 0.6 is 27.5 Å². The summed E-state index contributed by atoms with van der Waals surface area (Å²) in [5, 5.41) is 12.0. The van der Waals surface area contributed by atoms with Gasteiger partial charge in [-0.25, -0.2) is 9.59 Å². The number of amides is 2. The molecule has 2 amide bonds. The number of urea groups is 1. The fraction of sp³-hybridized carbons (Fsp3) is 0.333. The number of carbonyl (C=O) groups excluding carboxylic acids is 1. The molecule has 1 aromatic carbocycles. The Morgan fingerprint density at radius 2 is 2.25 bits per heavy atom. The highest BCUT2D eigenvalue weighted by atomic mass is 79.9. The largest absolute Gasteiger partial charge is 0.479 e. The summed E-state index contributed by atoms with van der Waals surface area (Å²) < 4.78 is 5.79. The number of hydrogen-bond acceptors (Lipinski definition) is 3. The molecule has 0 aromatic heterocycles. The Labute approximate surface area is 128 Å². The summed E-state index contributed by atoms with van der Waals surface area (Å²) in [5.41, 5.74) is 0.543. The SMILES string of the molecule is O=C(O)C1CN(C(=O)Nc2ccc(Br)c(Cl)c2)CCO1. The molecular weight excluding hydrogens is 351 g/mol. The number of halogens is 2. The Hall–Kier alpha value is -1.31. The Balaban J connectivity index is 2.00. The van der Waals surface area contributed by atoms with E-state index in [1.54, 1.807) is 18.2 Å². The van der Waals surface area contributed by atoms with Gasteiger partial charge in [0, 0.05) is 16.7 Å². The van der Waals surface area contributed by atoms with Gasteiger partial charge in [-0.05, 0) is 34.1 Å². The Bertz CT molecular complexity index is 540. The van der Waals surface area contributed by atoms with Crippen LogP contribution in [0, 0.1) is 0 Å². The van der Waals surface area contributed by atoms with Crippen LogP contribution in [0.5, 0.6) is 0 Å². The molecule has 1 unspecified atom stereocenters. The van der Waals surface area contributed by atoms with E-state index < -0.39 is 12.1 Å². The van der Waals surface area contributed by atoms with Gasteiger partial charge < -0.3 is 20.1 Å². The lowest BCUT2D eigenvalue weighted by atomic mass is 10.3. The topological polar surface area (TPSA) is 78.9 Å². The molecule has 1 saturated heterocycles. The molecule has 1 heterocycles. The molecule has 20 heavy (non-hydrogen) atoms. The van der Waals surface area contributed by atoms with E-state index in [0.29, 0.717) is 17.3 Å². The number of carboxylic acids is 1. The molecule has 1 fully saturated rings. The lowest BCUT2D eigenvalue weighted by Gasteiger charge is -2.30. The van der Waals surface area contributed by atoms with Crippen molar-refractivity contribution < 1.29 is 19.4 Å². The van der Waals surface area contributed by atoms with Crippen molar-refractivity contribution in [1.82, 2.24) is 4.90 Å². The first-order valence-corrected chi connectivity index (χ1v) is 7.00. The molecule has 0 radical (unpaired) electrons. The maximum atomic E-state index is 12.0. The normalized spacial score (nSPS) is 18.7. The van der Waals surface area contributed by atoms with Gasteiger partial charge in [0.05, 0.1) is 18.2 Å². The van der Waals surface area contributed by atoms with Crippen molar-refractivity contribution in [3.63, 3.8) is 0 Å². The molecule has 1 aliphatic rings. The Morgan fingerprint density at radius 3 is 2.90 bits per heavy atom. The number of nitrogens with one attached hydrogen (secondary N) is 1. The first kappa shape index (κ1) is 15.1. The molecular formula is C12H12BrClN2O4. The Morgan fingerprint density at radius 1 is 1.50 bits per heavy atom. The van der Waals surface area contributed by atoms with Crippen LogP contribution < -0.4 is 5.32 Å². The number of hydrogen-bond donors (Lipinski definition) is 2. The standard InChI is InChI=1S/C12H12BrClN2O4/c13-8-2-1-7(5-9(8)14)15-12(19)16-3-4-20-10(6-16)11(17)18/h1-2,5,10H,3-4,6H2,(H,15,19)(H,17,18). The average molecular weight is 364 g/mol. The molecule has 1 aliphatic heterocycles. The molecule has 6 nitrogen and oxygen atoms in total. The number of carbonyl (C=O) groups is 2. The van der Waals surface area contributed by atoms with Gasteiger partial charge in [0.25, 0.3) is 0 Å². The van der Waals surface area contributed by atoms with Gasteiger partial charge in [0.2, 0.25) is 0 Å². The van der Waals surface area contributed by atoms with Gasteiger partial charge in [-0.15, -0.1) is 0 Å². The highest BCUT2D eigenvalue weighted by Crippen LogP contribution is 2.25. The molecule has 1 atom stereocenters. The molecule has 8 heteroatoms. The summed E-state index contributed by atoms with van der Waals surface area (Å²) in [7, 11) is 0. The fourth-order valence-electron chi connectivity index (χ4n) is 1.76. The molecule has 108 valence electrons. The van der Waals surface area contributed by atoms with Crippen LogP contribution in [-0.2, 0) is 9.53 Å². The van der Waals surface area contributed by atoms with E-state index in [4.69, 9.17) is 21.4 Å². The van der Waals surface area contributed by atoms with Gasteiger partial charge in [0.1, 0.15) is 0 Å². The van der Waals surface area contributed by atoms with Gasteiger partial charge in [-0.3, -0.25) is 0 Å². The zero-order valence-corrected chi connectivity index (χ0v) is 12.6. The smallest absolute Gasteiger partial charge is 0.334 e. The summed E-state index contributed by atoms with van der Waals surface area (Å²) >= 11 is 9.20. The van der Waals surface area contributed by atoms with E-state index >= 15 is 0 Å². The minimum Gasteiger partial charge on any atom is -0.479 e. The Kier molecular flexibility index (Phi) is 4.85. The van der Waals surface area contributed by atoms with Crippen LogP contribution in [0.1, 0.15) is 0 Å². The van der Waals surface area contributed by atoms with Gasteiger partial charge in [-0.2, -0.15) is 0 Å². The van der Waals surface area contributed by atoms with E-state index in [0.717, 1.165) is 4.47 Å². The van der Waals surface area contributed by atoms with Gasteiger partial charge in [-0.1, -0.05) is 11.6 Å². The van der Waals surface area contributed by atoms with Crippen LogP contribution in [0.25, 0.3) is 0 Å². The lowest BCUT2D eigenvalue weighted by Crippen LogP contribution is -2.49. The van der Waals surface area contributed by atoms with Crippen molar-refractivity contribution in [3.8, 4) is 0 Å². The van der Waals surface area contributed by atoms with Crippen LogP contribution in [0.15, 0.2) is 22.7 Å². The molecule has 0 spiro atoms. The van der Waals surface area contributed by atoms with Crippen LogP contribution in [-0.4, -0.2) is 47.8 Å². The fourth-order valence-corrected chi connectivity index (χ4v) is 2.19. The number of nitrogens with zero attached hydrogens (tertiary/aromatic N) is 1. The highest BCUT2D eigenvalue weighted by Gasteiger charge is 2.28. The van der Waals surface area contributed by atoms with Crippen molar-refractivity contribution in [1.29, 1.82) is 0 Å². The van der Waals surface area contributed by atoms with E-state index in [1.165, 1.54) is 4.90 Å². The van der Waals surface area contributed by atoms with Crippen molar-refractivity contribution in [2.24, 2.45) is 0 Å². The van der Waals surface area contributed by atoms with E-state index in [9.17, 15) is 9.59 Å². The summed E-state index contributed by atoms with van der Waals surface area (Å²) in [5.74, 6) is -1.07. The summed E-state index contributed by atoms with van der Waals surface area (Å²) in [6.45, 7) is 0.566. The minimum absolute atomic E-state index is 0.0193. The first-order valence-electron chi connectivity index (χ1n) is 5.83. The summed E-state index contributed by atoms with van der Waals surface area (Å²) in [6, 6.07) is 4.65. The zero-order chi connectivity index (χ0) is 14.7. The van der Waals surface area contributed by atoms with Crippen molar-refractivity contribution in [2.75, 3.05) is 25.0 Å².